The number of anilines is 1. The molecular formula is C26H22N4O2. The van der Waals surface area contributed by atoms with Gasteiger partial charge in [-0.2, -0.15) is 5.10 Å². The van der Waals surface area contributed by atoms with E-state index >= 15 is 0 Å². The molecule has 1 aliphatic rings. The van der Waals surface area contributed by atoms with E-state index in [2.05, 4.69) is 10.6 Å². The van der Waals surface area contributed by atoms with Gasteiger partial charge in [0.25, 0.3) is 5.91 Å². The molecule has 0 radical (unpaired) electrons. The molecule has 2 heterocycles. The number of hydrogen-bond acceptors (Lipinski definition) is 3. The van der Waals surface area contributed by atoms with Gasteiger partial charge in [-0.3, -0.25) is 9.59 Å². The molecule has 2 amide bonds. The van der Waals surface area contributed by atoms with Crippen molar-refractivity contribution >= 4 is 17.6 Å². The van der Waals surface area contributed by atoms with Crippen LogP contribution in [0, 0.1) is 6.92 Å². The summed E-state index contributed by atoms with van der Waals surface area (Å²) in [5, 5.41) is 10.7. The lowest BCUT2D eigenvalue weighted by atomic mass is 9.82. The number of para-hydroxylation sites is 1. The summed E-state index contributed by atoms with van der Waals surface area (Å²) in [5.74, 6) is -0.293. The van der Waals surface area contributed by atoms with E-state index in [1.807, 2.05) is 73.7 Å². The average Bonchev–Trinajstić information content (AvgIpc) is 3.16. The van der Waals surface area contributed by atoms with Crippen LogP contribution in [0.5, 0.6) is 0 Å². The molecule has 0 fully saturated rings. The van der Waals surface area contributed by atoms with Crippen LogP contribution in [-0.2, 0) is 4.79 Å². The number of nitrogens with zero attached hydrogens (tertiary/aromatic N) is 2. The van der Waals surface area contributed by atoms with Crippen molar-refractivity contribution in [1.82, 2.24) is 15.1 Å². The van der Waals surface area contributed by atoms with E-state index in [9.17, 15) is 9.59 Å². The molecule has 1 aromatic heterocycles. The van der Waals surface area contributed by atoms with Crippen LogP contribution in [-0.4, -0.2) is 27.6 Å². The van der Waals surface area contributed by atoms with Crippen molar-refractivity contribution in [3.05, 3.63) is 113 Å². The Kier molecular flexibility index (Phi) is 5.03. The summed E-state index contributed by atoms with van der Waals surface area (Å²) in [4.78, 5) is 26.3. The molecule has 2 N–H and O–H groups in total. The highest BCUT2D eigenvalue weighted by atomic mass is 16.2. The smallest absolute Gasteiger partial charge is 0.251 e. The minimum Gasteiger partial charge on any atom is -0.339 e. The van der Waals surface area contributed by atoms with Gasteiger partial charge in [-0.15, -0.1) is 0 Å². The van der Waals surface area contributed by atoms with E-state index in [0.29, 0.717) is 11.4 Å². The van der Waals surface area contributed by atoms with Gasteiger partial charge < -0.3 is 10.6 Å². The lowest BCUT2D eigenvalue weighted by Crippen LogP contribution is -2.50. The van der Waals surface area contributed by atoms with Gasteiger partial charge in [-0.25, -0.2) is 4.68 Å². The van der Waals surface area contributed by atoms with Crippen molar-refractivity contribution in [3.8, 4) is 5.69 Å². The van der Waals surface area contributed by atoms with Gasteiger partial charge in [-0.05, 0) is 36.8 Å². The molecule has 5 rings (SSSR count). The van der Waals surface area contributed by atoms with Gasteiger partial charge in [0.15, 0.2) is 0 Å². The fourth-order valence-corrected chi connectivity index (χ4v) is 4.28. The Morgan fingerprint density at radius 3 is 2.16 bits per heavy atom. The molecular weight excluding hydrogens is 400 g/mol. The van der Waals surface area contributed by atoms with Crippen LogP contribution in [0.1, 0.15) is 33.1 Å². The largest absolute Gasteiger partial charge is 0.339 e. The number of fused-ring (bicyclic) bond motifs is 1. The van der Waals surface area contributed by atoms with Crippen molar-refractivity contribution in [2.45, 2.75) is 18.9 Å². The molecule has 158 valence electrons. The first-order valence-electron chi connectivity index (χ1n) is 10.5. The Bertz CT molecular complexity index is 1270. The number of hydrogen-bond donors (Lipinski definition) is 2. The van der Waals surface area contributed by atoms with Crippen LogP contribution in [0.3, 0.4) is 0 Å². The highest BCUT2D eigenvalue weighted by Crippen LogP contribution is 2.40. The Balaban J connectivity index is 1.62. The zero-order chi connectivity index (χ0) is 22.1. The lowest BCUT2D eigenvalue weighted by molar-refractivity contribution is -0.118. The fourth-order valence-electron chi connectivity index (χ4n) is 4.28. The van der Waals surface area contributed by atoms with Crippen molar-refractivity contribution in [2.24, 2.45) is 0 Å². The third-order valence-electron chi connectivity index (χ3n) is 5.76. The quantitative estimate of drug-likeness (QED) is 0.521. The summed E-state index contributed by atoms with van der Waals surface area (Å²) in [6.07, 6.45) is 0. The summed E-state index contributed by atoms with van der Waals surface area (Å²) >= 11 is 0. The first kappa shape index (κ1) is 19.8. The number of carbonyl (C=O) groups is 2. The Morgan fingerprint density at radius 2 is 1.50 bits per heavy atom. The van der Waals surface area contributed by atoms with Gasteiger partial charge in [0.2, 0.25) is 5.91 Å². The number of rotatable bonds is 4. The van der Waals surface area contributed by atoms with E-state index in [4.69, 9.17) is 5.10 Å². The van der Waals surface area contributed by atoms with Crippen molar-refractivity contribution in [1.29, 1.82) is 0 Å². The molecule has 0 spiro atoms. The molecule has 0 aliphatic carbocycles. The molecule has 0 bridgehead atoms. The monoisotopic (exact) mass is 422 g/mol. The molecule has 0 saturated heterocycles. The SMILES string of the molecule is Cc1nn(-c2ccccc2)c2c1[C@@H](c1ccccc1)[C@H](NC(=O)c1ccccc1)C(=O)N2. The highest BCUT2D eigenvalue weighted by Gasteiger charge is 2.41. The molecule has 2 atom stereocenters. The maximum Gasteiger partial charge on any atom is 0.251 e. The maximum absolute atomic E-state index is 13.3. The van der Waals surface area contributed by atoms with Gasteiger partial charge in [0.1, 0.15) is 11.9 Å². The zero-order valence-electron chi connectivity index (χ0n) is 17.5. The normalized spacial score (nSPS) is 17.3. The van der Waals surface area contributed by atoms with Crippen molar-refractivity contribution in [2.75, 3.05) is 5.32 Å². The first-order valence-corrected chi connectivity index (χ1v) is 10.5. The van der Waals surface area contributed by atoms with Crippen LogP contribution in [0.2, 0.25) is 0 Å². The number of carbonyl (C=O) groups excluding carboxylic acids is 2. The first-order chi connectivity index (χ1) is 15.6. The molecule has 0 saturated carbocycles. The van der Waals surface area contributed by atoms with E-state index in [-0.39, 0.29) is 17.7 Å². The van der Waals surface area contributed by atoms with Gasteiger partial charge in [-0.1, -0.05) is 66.7 Å². The highest BCUT2D eigenvalue weighted by molar-refractivity contribution is 6.04. The van der Waals surface area contributed by atoms with Crippen LogP contribution >= 0.6 is 0 Å². The van der Waals surface area contributed by atoms with Crippen LogP contribution in [0.25, 0.3) is 5.69 Å². The average molecular weight is 422 g/mol. The molecule has 3 aromatic carbocycles. The summed E-state index contributed by atoms with van der Waals surface area (Å²) < 4.78 is 1.76. The van der Waals surface area contributed by atoms with Gasteiger partial charge >= 0.3 is 0 Å². The summed E-state index contributed by atoms with van der Waals surface area (Å²) in [5.41, 5.74) is 4.01. The Morgan fingerprint density at radius 1 is 0.906 bits per heavy atom. The second-order valence-electron chi connectivity index (χ2n) is 7.79. The van der Waals surface area contributed by atoms with E-state index in [1.165, 1.54) is 0 Å². The minimum absolute atomic E-state index is 0.271. The summed E-state index contributed by atoms with van der Waals surface area (Å²) in [6.45, 7) is 1.93. The second-order valence-corrected chi connectivity index (χ2v) is 7.79. The number of aryl methyl sites for hydroxylation is 1. The molecule has 0 unspecified atom stereocenters. The molecule has 6 heteroatoms. The van der Waals surface area contributed by atoms with Crippen LogP contribution in [0.15, 0.2) is 91.0 Å². The van der Waals surface area contributed by atoms with Crippen LogP contribution in [0.4, 0.5) is 5.82 Å². The lowest BCUT2D eigenvalue weighted by Gasteiger charge is -2.32. The standard InChI is InChI=1S/C26H22N4O2/c1-17-21-22(18-11-5-2-6-12-18)23(27-25(31)19-13-7-3-8-14-19)26(32)28-24(21)30(29-17)20-15-9-4-10-16-20/h2-16,22-23H,1H3,(H,27,31)(H,28,32)/t22-,23+/m1/s1. The molecule has 32 heavy (non-hydrogen) atoms. The van der Waals surface area contributed by atoms with Gasteiger partial charge in [0.05, 0.1) is 11.4 Å². The predicted molar refractivity (Wildman–Crippen MR) is 123 cm³/mol. The van der Waals surface area contributed by atoms with Crippen molar-refractivity contribution in [3.63, 3.8) is 0 Å². The van der Waals surface area contributed by atoms with Crippen LogP contribution < -0.4 is 10.6 Å². The Labute approximate surface area is 185 Å². The summed E-state index contributed by atoms with van der Waals surface area (Å²) in [7, 11) is 0. The maximum atomic E-state index is 13.3. The third-order valence-corrected chi connectivity index (χ3v) is 5.76. The third kappa shape index (κ3) is 3.46. The zero-order valence-corrected chi connectivity index (χ0v) is 17.5. The fraction of sp³-hybridized carbons (Fsp3) is 0.115. The minimum atomic E-state index is -0.773. The number of amides is 2. The second kappa shape index (κ2) is 8.15. The summed E-state index contributed by atoms with van der Waals surface area (Å²) in [6, 6.07) is 27.6. The molecule has 6 nitrogen and oxygen atoms in total. The van der Waals surface area contributed by atoms with E-state index in [1.54, 1.807) is 28.9 Å². The molecule has 1 aliphatic heterocycles. The van der Waals surface area contributed by atoms with Crippen molar-refractivity contribution < 1.29 is 9.59 Å². The number of nitrogens with one attached hydrogen (secondary N) is 2. The molecule has 4 aromatic rings. The topological polar surface area (TPSA) is 76.0 Å². The Hall–Kier alpha value is -4.19. The van der Waals surface area contributed by atoms with E-state index in [0.717, 1.165) is 22.5 Å². The predicted octanol–water partition coefficient (Wildman–Crippen LogP) is 4.06. The van der Waals surface area contributed by atoms with Gasteiger partial charge in [0, 0.05) is 17.0 Å². The number of aromatic nitrogens is 2. The number of benzene rings is 3. The van der Waals surface area contributed by atoms with E-state index < -0.39 is 6.04 Å².